The minimum Gasteiger partial charge on any atom is -0.341 e. The van der Waals surface area contributed by atoms with Crippen LogP contribution in [0.25, 0.3) is 0 Å². The Bertz CT molecular complexity index is 1410. The maximum Gasteiger partial charge on any atom is 0.416 e. The molecule has 2 atom stereocenters. The van der Waals surface area contributed by atoms with Gasteiger partial charge < -0.3 is 9.80 Å². The fraction of sp³-hybridized carbons (Fsp3) is 0.300. The third-order valence-electron chi connectivity index (χ3n) is 7.15. The Balaban J connectivity index is 1.58. The molecule has 1 aliphatic rings. The highest BCUT2D eigenvalue weighted by Crippen LogP contribution is 2.38. The van der Waals surface area contributed by atoms with Crippen LogP contribution in [0.4, 0.5) is 26.3 Å². The number of halogens is 6. The molecule has 0 aliphatic carbocycles. The number of likely N-dealkylation sites (tertiary alicyclic amines) is 1. The standard InChI is InChI=1S/C30H25F6N3O2/c1-38(17-20-13-23(29(31,32)33)15-24(14-20)30(34,35)36)28(41)25-11-12-39(18-26(25)21-5-3-2-4-6-21)27(40)22-9-7-19(16-37)8-10-22/h2-10,13-15,25-26H,11-12,17-18H2,1H3/t25-,26-/m0/s1. The van der Waals surface area contributed by atoms with Crippen molar-refractivity contribution in [2.45, 2.75) is 31.2 Å². The lowest BCUT2D eigenvalue weighted by molar-refractivity contribution is -0.143. The van der Waals surface area contributed by atoms with Crippen molar-refractivity contribution >= 4 is 11.8 Å². The summed E-state index contributed by atoms with van der Waals surface area (Å²) in [6.07, 6.45) is -9.75. The molecule has 5 nitrogen and oxygen atoms in total. The predicted octanol–water partition coefficient (Wildman–Crippen LogP) is 6.50. The molecule has 0 radical (unpaired) electrons. The molecule has 1 saturated heterocycles. The number of alkyl halides is 6. The Labute approximate surface area is 232 Å². The highest BCUT2D eigenvalue weighted by Gasteiger charge is 2.39. The number of hydrogen-bond donors (Lipinski definition) is 0. The molecule has 1 aliphatic heterocycles. The van der Waals surface area contributed by atoms with Gasteiger partial charge in [0, 0.05) is 44.1 Å². The van der Waals surface area contributed by atoms with Crippen LogP contribution in [0.3, 0.4) is 0 Å². The molecule has 214 valence electrons. The SMILES string of the molecule is CN(Cc1cc(C(F)(F)F)cc(C(F)(F)F)c1)C(=O)[C@H]1CCN(C(=O)c2ccc(C#N)cc2)C[C@H]1c1ccccc1. The second kappa shape index (κ2) is 11.6. The molecular weight excluding hydrogens is 548 g/mol. The van der Waals surface area contributed by atoms with E-state index in [9.17, 15) is 35.9 Å². The molecule has 4 rings (SSSR count). The number of carbonyl (C=O) groups excluding carboxylic acids is 2. The van der Waals surface area contributed by atoms with Gasteiger partial charge >= 0.3 is 12.4 Å². The number of hydrogen-bond acceptors (Lipinski definition) is 3. The number of piperidine rings is 1. The zero-order valence-corrected chi connectivity index (χ0v) is 21.8. The summed E-state index contributed by atoms with van der Waals surface area (Å²) in [5, 5.41) is 9.01. The van der Waals surface area contributed by atoms with Gasteiger partial charge in [0.15, 0.2) is 0 Å². The van der Waals surface area contributed by atoms with E-state index in [1.807, 2.05) is 18.2 Å². The maximum atomic E-state index is 13.6. The normalized spacial score (nSPS) is 17.6. The molecule has 2 amide bonds. The quantitative estimate of drug-likeness (QED) is 0.328. The van der Waals surface area contributed by atoms with Gasteiger partial charge in [0.25, 0.3) is 5.91 Å². The van der Waals surface area contributed by atoms with Gasteiger partial charge in [-0.2, -0.15) is 31.6 Å². The van der Waals surface area contributed by atoms with E-state index in [-0.39, 0.29) is 37.0 Å². The average Bonchev–Trinajstić information content (AvgIpc) is 2.95. The number of nitriles is 1. The average molecular weight is 574 g/mol. The van der Waals surface area contributed by atoms with Crippen LogP contribution in [0.5, 0.6) is 0 Å². The smallest absolute Gasteiger partial charge is 0.341 e. The van der Waals surface area contributed by atoms with E-state index < -0.39 is 47.8 Å². The van der Waals surface area contributed by atoms with Crippen molar-refractivity contribution in [3.8, 4) is 6.07 Å². The number of amides is 2. The molecule has 0 bridgehead atoms. The van der Waals surface area contributed by atoms with E-state index in [0.717, 1.165) is 10.5 Å². The Morgan fingerprint density at radius 1 is 0.927 bits per heavy atom. The Hall–Kier alpha value is -4.33. The molecule has 0 N–H and O–H groups in total. The van der Waals surface area contributed by atoms with E-state index in [4.69, 9.17) is 5.26 Å². The number of carbonyl (C=O) groups is 2. The van der Waals surface area contributed by atoms with Crippen LogP contribution in [-0.4, -0.2) is 41.8 Å². The fourth-order valence-corrected chi connectivity index (χ4v) is 5.09. The summed E-state index contributed by atoms with van der Waals surface area (Å²) in [5.41, 5.74) is -1.63. The summed E-state index contributed by atoms with van der Waals surface area (Å²) in [4.78, 5) is 29.6. The molecule has 0 spiro atoms. The summed E-state index contributed by atoms with van der Waals surface area (Å²) in [5.74, 6) is -1.86. The predicted molar refractivity (Wildman–Crippen MR) is 137 cm³/mol. The molecule has 0 unspecified atom stereocenters. The monoisotopic (exact) mass is 573 g/mol. The van der Waals surface area contributed by atoms with Crippen LogP contribution in [0.1, 0.15) is 50.5 Å². The third-order valence-corrected chi connectivity index (χ3v) is 7.15. The van der Waals surface area contributed by atoms with Gasteiger partial charge in [-0.15, -0.1) is 0 Å². The van der Waals surface area contributed by atoms with E-state index in [2.05, 4.69) is 0 Å². The first-order valence-electron chi connectivity index (χ1n) is 12.7. The van der Waals surface area contributed by atoms with Gasteiger partial charge in [-0.25, -0.2) is 0 Å². The Kier molecular flexibility index (Phi) is 8.42. The first kappa shape index (κ1) is 29.6. The minimum absolute atomic E-state index is 0.0529. The molecule has 3 aromatic carbocycles. The van der Waals surface area contributed by atoms with Crippen LogP contribution >= 0.6 is 0 Å². The van der Waals surface area contributed by atoms with Crippen LogP contribution in [0.15, 0.2) is 72.8 Å². The summed E-state index contributed by atoms with van der Waals surface area (Å²) < 4.78 is 80.0. The first-order valence-corrected chi connectivity index (χ1v) is 12.7. The lowest BCUT2D eigenvalue weighted by Gasteiger charge is -2.39. The Morgan fingerprint density at radius 3 is 2.05 bits per heavy atom. The van der Waals surface area contributed by atoms with Crippen LogP contribution in [0, 0.1) is 17.2 Å². The molecule has 1 heterocycles. The van der Waals surface area contributed by atoms with Gasteiger partial charge in [0.05, 0.1) is 22.8 Å². The first-order chi connectivity index (χ1) is 19.3. The van der Waals surface area contributed by atoms with Gasteiger partial charge in [-0.3, -0.25) is 9.59 Å². The van der Waals surface area contributed by atoms with E-state index in [0.29, 0.717) is 23.3 Å². The summed E-state index contributed by atoms with van der Waals surface area (Å²) in [6.45, 7) is -0.0687. The highest BCUT2D eigenvalue weighted by molar-refractivity contribution is 5.94. The topological polar surface area (TPSA) is 64.4 Å². The van der Waals surface area contributed by atoms with Crippen LogP contribution in [0.2, 0.25) is 0 Å². The van der Waals surface area contributed by atoms with Crippen LogP contribution in [-0.2, 0) is 23.7 Å². The van der Waals surface area contributed by atoms with Crippen molar-refractivity contribution in [2.24, 2.45) is 5.92 Å². The fourth-order valence-electron chi connectivity index (χ4n) is 5.09. The minimum atomic E-state index is -4.99. The highest BCUT2D eigenvalue weighted by atomic mass is 19.4. The molecular formula is C30H25F6N3O2. The van der Waals surface area contributed by atoms with Gasteiger partial charge in [0.1, 0.15) is 0 Å². The second-order valence-corrected chi connectivity index (χ2v) is 9.96. The second-order valence-electron chi connectivity index (χ2n) is 9.96. The zero-order chi connectivity index (χ0) is 29.9. The molecule has 0 aromatic heterocycles. The van der Waals surface area contributed by atoms with E-state index >= 15 is 0 Å². The summed E-state index contributed by atoms with van der Waals surface area (Å²) in [6, 6.07) is 18.4. The van der Waals surface area contributed by atoms with Crippen molar-refractivity contribution < 1.29 is 35.9 Å². The molecule has 1 fully saturated rings. The summed E-state index contributed by atoms with van der Waals surface area (Å²) in [7, 11) is 1.34. The maximum absolute atomic E-state index is 13.6. The molecule has 0 saturated carbocycles. The zero-order valence-electron chi connectivity index (χ0n) is 21.8. The Morgan fingerprint density at radius 2 is 1.51 bits per heavy atom. The molecule has 3 aromatic rings. The van der Waals surface area contributed by atoms with Gasteiger partial charge in [0.2, 0.25) is 5.91 Å². The van der Waals surface area contributed by atoms with Crippen molar-refractivity contribution in [3.05, 3.63) is 106 Å². The number of rotatable bonds is 5. The van der Waals surface area contributed by atoms with Gasteiger partial charge in [-0.1, -0.05) is 30.3 Å². The van der Waals surface area contributed by atoms with Gasteiger partial charge in [-0.05, 0) is 60.0 Å². The van der Waals surface area contributed by atoms with Crippen LogP contribution < -0.4 is 0 Å². The number of benzene rings is 3. The van der Waals surface area contributed by atoms with Crippen molar-refractivity contribution in [2.75, 3.05) is 20.1 Å². The van der Waals surface area contributed by atoms with E-state index in [1.54, 1.807) is 35.2 Å². The largest absolute Gasteiger partial charge is 0.416 e. The number of nitrogens with zero attached hydrogens (tertiary/aromatic N) is 3. The molecule has 11 heteroatoms. The third kappa shape index (κ3) is 6.88. The van der Waals surface area contributed by atoms with Crippen molar-refractivity contribution in [3.63, 3.8) is 0 Å². The lowest BCUT2D eigenvalue weighted by Crippen LogP contribution is -2.47. The van der Waals surface area contributed by atoms with Crippen molar-refractivity contribution in [1.29, 1.82) is 5.26 Å². The van der Waals surface area contributed by atoms with E-state index in [1.165, 1.54) is 19.2 Å². The van der Waals surface area contributed by atoms with Crippen molar-refractivity contribution in [1.82, 2.24) is 9.80 Å². The molecule has 41 heavy (non-hydrogen) atoms. The lowest BCUT2D eigenvalue weighted by atomic mass is 9.79. The summed E-state index contributed by atoms with van der Waals surface area (Å²) >= 11 is 0.